The highest BCUT2D eigenvalue weighted by Crippen LogP contribution is 2.53. The zero-order chi connectivity index (χ0) is 22.9. The molecule has 0 fully saturated rings. The molecule has 0 spiro atoms. The van der Waals surface area contributed by atoms with Crippen molar-refractivity contribution in [2.45, 2.75) is 26.2 Å². The molecule has 1 aromatic heterocycles. The summed E-state index contributed by atoms with van der Waals surface area (Å²) in [4.78, 5) is 0. The van der Waals surface area contributed by atoms with Crippen molar-refractivity contribution >= 4 is 34.0 Å². The van der Waals surface area contributed by atoms with Gasteiger partial charge in [0, 0.05) is 21.8 Å². The van der Waals surface area contributed by atoms with Crippen LogP contribution in [0.15, 0.2) is 86.0 Å². The summed E-state index contributed by atoms with van der Waals surface area (Å²) in [6.07, 6.45) is 4.01. The van der Waals surface area contributed by atoms with Gasteiger partial charge in [-0.05, 0) is 52.9 Å². The molecule has 1 nitrogen and oxygen atoms in total. The minimum Gasteiger partial charge on any atom is -0.309 e. The Hall–Kier alpha value is -3.84. The quantitative estimate of drug-likeness (QED) is 0.272. The largest absolute Gasteiger partial charge is 0.309 e. The number of rotatable bonds is 3. The van der Waals surface area contributed by atoms with E-state index in [0.29, 0.717) is 0 Å². The van der Waals surface area contributed by atoms with Crippen molar-refractivity contribution in [3.8, 4) is 16.8 Å². The van der Waals surface area contributed by atoms with Crippen LogP contribution in [-0.2, 0) is 5.41 Å². The summed E-state index contributed by atoms with van der Waals surface area (Å²) < 4.78 is 2.40. The fourth-order valence-electron chi connectivity index (χ4n) is 5.82. The molecule has 6 rings (SSSR count). The van der Waals surface area contributed by atoms with E-state index in [0.717, 1.165) is 16.8 Å². The van der Waals surface area contributed by atoms with Crippen LogP contribution >= 0.6 is 0 Å². The Kier molecular flexibility index (Phi) is 4.10. The summed E-state index contributed by atoms with van der Waals surface area (Å²) in [5.41, 5.74) is 12.4. The maximum absolute atomic E-state index is 4.25. The van der Waals surface area contributed by atoms with E-state index in [-0.39, 0.29) is 5.41 Å². The van der Waals surface area contributed by atoms with Gasteiger partial charge in [-0.3, -0.25) is 0 Å². The van der Waals surface area contributed by atoms with Crippen LogP contribution in [0.3, 0.4) is 0 Å². The van der Waals surface area contributed by atoms with Crippen LogP contribution in [0.4, 0.5) is 0 Å². The summed E-state index contributed by atoms with van der Waals surface area (Å²) in [6, 6.07) is 26.6. The predicted octanol–water partition coefficient (Wildman–Crippen LogP) is 8.68. The van der Waals surface area contributed by atoms with Crippen LogP contribution in [0.25, 0.3) is 50.8 Å². The second kappa shape index (κ2) is 6.83. The second-order valence-corrected chi connectivity index (χ2v) is 9.60. The average molecular weight is 426 g/mol. The molecular formula is C32H27N. The number of aromatic nitrogens is 1. The number of nitrogens with zero attached hydrogens (tertiary/aromatic N) is 1. The van der Waals surface area contributed by atoms with Crippen LogP contribution < -0.4 is 0 Å². The van der Waals surface area contributed by atoms with Gasteiger partial charge < -0.3 is 4.57 Å². The first kappa shape index (κ1) is 19.8. The molecule has 1 aliphatic rings. The maximum Gasteiger partial charge on any atom is 0.0543 e. The number of benzene rings is 4. The van der Waals surface area contributed by atoms with Crippen molar-refractivity contribution in [2.75, 3.05) is 0 Å². The Morgan fingerprint density at radius 2 is 1.33 bits per heavy atom. The van der Waals surface area contributed by atoms with Crippen LogP contribution in [0.2, 0.25) is 0 Å². The lowest BCUT2D eigenvalue weighted by atomic mass is 9.81. The molecule has 0 saturated carbocycles. The van der Waals surface area contributed by atoms with E-state index in [1.54, 1.807) is 0 Å². The lowest BCUT2D eigenvalue weighted by Crippen LogP contribution is -2.16. The normalized spacial score (nSPS) is 13.8. The summed E-state index contributed by atoms with van der Waals surface area (Å²) in [6.45, 7) is 15.3. The molecule has 1 heterocycles. The van der Waals surface area contributed by atoms with Crippen molar-refractivity contribution in [3.63, 3.8) is 0 Å². The molecule has 0 radical (unpaired) electrons. The molecule has 0 aliphatic heterocycles. The third-order valence-electron chi connectivity index (χ3n) is 7.41. The number of aryl methyl sites for hydroxylation is 1. The third-order valence-corrected chi connectivity index (χ3v) is 7.41. The Morgan fingerprint density at radius 1 is 0.727 bits per heavy atom. The Morgan fingerprint density at radius 3 is 1.94 bits per heavy atom. The summed E-state index contributed by atoms with van der Waals surface area (Å²) >= 11 is 0. The van der Waals surface area contributed by atoms with Gasteiger partial charge in [-0.1, -0.05) is 99.3 Å². The average Bonchev–Trinajstić information content (AvgIpc) is 3.27. The molecule has 0 amide bonds. The van der Waals surface area contributed by atoms with Gasteiger partial charge in [-0.2, -0.15) is 0 Å². The molecule has 1 aliphatic carbocycles. The minimum absolute atomic E-state index is 0.0956. The molecule has 33 heavy (non-hydrogen) atoms. The number of para-hydroxylation sites is 2. The van der Waals surface area contributed by atoms with Gasteiger partial charge in [0.25, 0.3) is 0 Å². The second-order valence-electron chi connectivity index (χ2n) is 9.60. The van der Waals surface area contributed by atoms with Crippen molar-refractivity contribution in [3.05, 3.63) is 114 Å². The van der Waals surface area contributed by atoms with Crippen LogP contribution in [0.5, 0.6) is 0 Å². The first-order valence-corrected chi connectivity index (χ1v) is 11.5. The predicted molar refractivity (Wildman–Crippen MR) is 143 cm³/mol. The third kappa shape index (κ3) is 2.54. The molecular weight excluding hydrogens is 398 g/mol. The Labute approximate surface area is 195 Å². The fraction of sp³-hybridized carbons (Fsp3) is 0.125. The van der Waals surface area contributed by atoms with E-state index in [1.165, 1.54) is 49.6 Å². The van der Waals surface area contributed by atoms with E-state index >= 15 is 0 Å². The maximum atomic E-state index is 4.25. The Bertz CT molecular complexity index is 1570. The molecule has 5 aromatic rings. The first-order chi connectivity index (χ1) is 16.0. The van der Waals surface area contributed by atoms with Gasteiger partial charge in [0.2, 0.25) is 0 Å². The van der Waals surface area contributed by atoms with Crippen LogP contribution in [-0.4, -0.2) is 4.57 Å². The smallest absolute Gasteiger partial charge is 0.0543 e. The summed E-state index contributed by atoms with van der Waals surface area (Å²) in [5, 5.41) is 2.53. The van der Waals surface area contributed by atoms with E-state index in [4.69, 9.17) is 0 Å². The van der Waals surface area contributed by atoms with E-state index in [2.05, 4.69) is 111 Å². The highest BCUT2D eigenvalue weighted by Gasteiger charge is 2.38. The van der Waals surface area contributed by atoms with Gasteiger partial charge >= 0.3 is 0 Å². The number of hydrogen-bond donors (Lipinski definition) is 0. The van der Waals surface area contributed by atoms with Crippen molar-refractivity contribution in [2.24, 2.45) is 0 Å². The first-order valence-electron chi connectivity index (χ1n) is 11.5. The van der Waals surface area contributed by atoms with Gasteiger partial charge in [0.1, 0.15) is 0 Å². The monoisotopic (exact) mass is 425 g/mol. The van der Waals surface area contributed by atoms with Crippen LogP contribution in [0.1, 0.15) is 41.7 Å². The molecule has 0 unspecified atom stereocenters. The highest BCUT2D eigenvalue weighted by molar-refractivity contribution is 6.09. The van der Waals surface area contributed by atoms with Gasteiger partial charge in [-0.15, -0.1) is 0 Å². The topological polar surface area (TPSA) is 4.93 Å². The zero-order valence-corrected chi connectivity index (χ0v) is 19.4. The minimum atomic E-state index is -0.0956. The van der Waals surface area contributed by atoms with E-state index < -0.39 is 0 Å². The summed E-state index contributed by atoms with van der Waals surface area (Å²) in [5.74, 6) is 0. The Balaban J connectivity index is 1.80. The molecule has 0 N–H and O–H groups in total. The highest BCUT2D eigenvalue weighted by atomic mass is 15.0. The van der Waals surface area contributed by atoms with Gasteiger partial charge in [-0.25, -0.2) is 0 Å². The zero-order valence-electron chi connectivity index (χ0n) is 19.4. The van der Waals surface area contributed by atoms with E-state index in [9.17, 15) is 0 Å². The fourth-order valence-corrected chi connectivity index (χ4v) is 5.82. The lowest BCUT2D eigenvalue weighted by Gasteiger charge is -2.24. The number of fused-ring (bicyclic) bond motifs is 6. The van der Waals surface area contributed by atoms with Crippen molar-refractivity contribution in [1.29, 1.82) is 0 Å². The lowest BCUT2D eigenvalue weighted by molar-refractivity contribution is 0.659. The molecule has 0 bridgehead atoms. The van der Waals surface area contributed by atoms with Gasteiger partial charge in [0.15, 0.2) is 0 Å². The molecule has 4 aromatic carbocycles. The molecule has 1 heteroatoms. The van der Waals surface area contributed by atoms with Crippen molar-refractivity contribution < 1.29 is 0 Å². The van der Waals surface area contributed by atoms with Gasteiger partial charge in [0.05, 0.1) is 16.7 Å². The molecule has 0 saturated heterocycles. The van der Waals surface area contributed by atoms with Crippen LogP contribution in [0, 0.1) is 6.92 Å². The van der Waals surface area contributed by atoms with E-state index in [1.807, 2.05) is 12.2 Å². The SMILES string of the molecule is C=Cc1c(-n2c3ccccc3c3ccccc32)cc2c(c1C=C)-c1ccc(C)cc1C2(C)C. The standard InChI is InChI=1S/C32H27N/c1-6-21-22(7-2)31-25-17-16-20(3)18-26(25)32(4,5)27(31)19-30(21)33-28-14-10-8-12-23(28)24-13-9-11-15-29(24)33/h6-19H,1-2H2,3-5H3. The van der Waals surface area contributed by atoms with Crippen molar-refractivity contribution in [1.82, 2.24) is 4.57 Å². The number of hydrogen-bond acceptors (Lipinski definition) is 0. The summed E-state index contributed by atoms with van der Waals surface area (Å²) in [7, 11) is 0. The molecule has 0 atom stereocenters. The molecule has 160 valence electrons.